The van der Waals surface area contributed by atoms with Crippen LogP contribution < -0.4 is 10.9 Å². The van der Waals surface area contributed by atoms with E-state index in [0.29, 0.717) is 11.4 Å². The Labute approximate surface area is 144 Å². The van der Waals surface area contributed by atoms with Gasteiger partial charge in [-0.2, -0.15) is 10.2 Å². The van der Waals surface area contributed by atoms with Gasteiger partial charge in [-0.1, -0.05) is 36.8 Å². The molecule has 1 aromatic carbocycles. The molecule has 7 nitrogen and oxygen atoms in total. The standard InChI is InChI=1S/C18H19N5O2/c24-16(11-22-18(25)15-9-10-19-23(15)12-20-22)21-17(14-7-4-8-14)13-5-2-1-3-6-13/h1-3,5-6,9-10,12,14,17H,4,7-8,11H2,(H,21,24)/t17-/m0/s1. The average Bonchev–Trinajstić information content (AvgIpc) is 3.05. The highest BCUT2D eigenvalue weighted by atomic mass is 16.2. The zero-order chi connectivity index (χ0) is 17.2. The van der Waals surface area contributed by atoms with Gasteiger partial charge in [-0.15, -0.1) is 0 Å². The van der Waals surface area contributed by atoms with Crippen molar-refractivity contribution in [3.8, 4) is 0 Å². The molecule has 1 aliphatic carbocycles. The SMILES string of the molecule is O=C(Cn1ncn2nccc2c1=O)N[C@@H](c1ccccc1)C1CCC1. The largest absolute Gasteiger partial charge is 0.347 e. The second kappa shape index (κ2) is 6.51. The summed E-state index contributed by atoms with van der Waals surface area (Å²) in [6.07, 6.45) is 6.39. The maximum atomic E-state index is 12.5. The van der Waals surface area contributed by atoms with E-state index in [1.165, 1.54) is 28.1 Å². The van der Waals surface area contributed by atoms with Gasteiger partial charge in [0.2, 0.25) is 5.91 Å². The Morgan fingerprint density at radius 2 is 2.00 bits per heavy atom. The molecule has 4 rings (SSSR count). The number of hydrogen-bond acceptors (Lipinski definition) is 4. The summed E-state index contributed by atoms with van der Waals surface area (Å²) in [5.74, 6) is 0.243. The van der Waals surface area contributed by atoms with Crippen LogP contribution in [0.1, 0.15) is 30.9 Å². The van der Waals surface area contributed by atoms with Crippen molar-refractivity contribution in [1.29, 1.82) is 0 Å². The van der Waals surface area contributed by atoms with E-state index in [9.17, 15) is 9.59 Å². The van der Waals surface area contributed by atoms with Gasteiger partial charge < -0.3 is 5.32 Å². The lowest BCUT2D eigenvalue weighted by atomic mass is 9.77. The third kappa shape index (κ3) is 3.05. The molecule has 0 unspecified atom stereocenters. The third-order valence-electron chi connectivity index (χ3n) is 4.81. The van der Waals surface area contributed by atoms with Gasteiger partial charge in [0.1, 0.15) is 18.4 Å². The number of amides is 1. The first kappa shape index (κ1) is 15.6. The third-order valence-corrected chi connectivity index (χ3v) is 4.81. The summed E-state index contributed by atoms with van der Waals surface area (Å²) in [7, 11) is 0. The van der Waals surface area contributed by atoms with Crippen molar-refractivity contribution >= 4 is 11.4 Å². The number of rotatable bonds is 5. The number of nitrogens with one attached hydrogen (secondary N) is 1. The number of nitrogens with zero attached hydrogens (tertiary/aromatic N) is 4. The van der Waals surface area contributed by atoms with Crippen LogP contribution in [0.4, 0.5) is 0 Å². The Bertz CT molecular complexity index is 943. The number of aromatic nitrogens is 4. The van der Waals surface area contributed by atoms with E-state index in [4.69, 9.17) is 0 Å². The molecule has 3 aromatic rings. The topological polar surface area (TPSA) is 81.3 Å². The lowest BCUT2D eigenvalue weighted by molar-refractivity contribution is -0.123. The zero-order valence-electron chi connectivity index (χ0n) is 13.7. The maximum Gasteiger partial charge on any atom is 0.293 e. The number of benzene rings is 1. The smallest absolute Gasteiger partial charge is 0.293 e. The minimum Gasteiger partial charge on any atom is -0.347 e. The average molecular weight is 337 g/mol. The Kier molecular flexibility index (Phi) is 4.05. The van der Waals surface area contributed by atoms with Crippen molar-refractivity contribution in [3.63, 3.8) is 0 Å². The van der Waals surface area contributed by atoms with E-state index < -0.39 is 0 Å². The highest BCUT2D eigenvalue weighted by molar-refractivity contribution is 5.76. The summed E-state index contributed by atoms with van der Waals surface area (Å²) < 4.78 is 2.58. The summed E-state index contributed by atoms with van der Waals surface area (Å²) in [5, 5.41) is 11.1. The van der Waals surface area contributed by atoms with Crippen LogP contribution in [0.3, 0.4) is 0 Å². The molecular formula is C18H19N5O2. The summed E-state index contributed by atoms with van der Waals surface area (Å²) in [4.78, 5) is 24.9. The van der Waals surface area contributed by atoms with E-state index in [1.54, 1.807) is 6.07 Å². The van der Waals surface area contributed by atoms with Crippen molar-refractivity contribution in [2.24, 2.45) is 5.92 Å². The number of carbonyl (C=O) groups excluding carboxylic acids is 1. The quantitative estimate of drug-likeness (QED) is 0.766. The Morgan fingerprint density at radius 3 is 2.72 bits per heavy atom. The normalized spacial score (nSPS) is 15.7. The summed E-state index contributed by atoms with van der Waals surface area (Å²) in [6, 6.07) is 11.6. The summed E-state index contributed by atoms with van der Waals surface area (Å²) >= 11 is 0. The fraction of sp³-hybridized carbons (Fsp3) is 0.333. The lowest BCUT2D eigenvalue weighted by Crippen LogP contribution is -2.40. The molecule has 25 heavy (non-hydrogen) atoms. The predicted octanol–water partition coefficient (Wildman–Crippen LogP) is 1.55. The molecule has 7 heteroatoms. The molecule has 0 bridgehead atoms. The first-order valence-corrected chi connectivity index (χ1v) is 8.46. The molecule has 1 fully saturated rings. The van der Waals surface area contributed by atoms with Crippen molar-refractivity contribution in [2.45, 2.75) is 31.8 Å². The molecule has 1 atom stereocenters. The fourth-order valence-corrected chi connectivity index (χ4v) is 3.25. The Balaban J connectivity index is 1.53. The van der Waals surface area contributed by atoms with Crippen molar-refractivity contribution in [2.75, 3.05) is 0 Å². The zero-order valence-corrected chi connectivity index (χ0v) is 13.7. The molecule has 0 saturated heterocycles. The van der Waals surface area contributed by atoms with Gasteiger partial charge >= 0.3 is 0 Å². The minimum absolute atomic E-state index is 0.0168. The molecule has 1 amide bonds. The lowest BCUT2D eigenvalue weighted by Gasteiger charge is -2.34. The molecule has 1 N–H and O–H groups in total. The fourth-order valence-electron chi connectivity index (χ4n) is 3.25. The monoisotopic (exact) mass is 337 g/mol. The summed E-state index contributed by atoms with van der Waals surface area (Å²) in [5.41, 5.74) is 1.18. The van der Waals surface area contributed by atoms with Crippen LogP contribution in [0.25, 0.3) is 5.52 Å². The highest BCUT2D eigenvalue weighted by Gasteiger charge is 2.29. The molecule has 1 saturated carbocycles. The van der Waals surface area contributed by atoms with Crippen molar-refractivity contribution < 1.29 is 4.79 Å². The van der Waals surface area contributed by atoms with Crippen molar-refractivity contribution in [3.05, 3.63) is 64.8 Å². The molecule has 2 heterocycles. The van der Waals surface area contributed by atoms with Crippen LogP contribution in [0.5, 0.6) is 0 Å². The number of fused-ring (bicyclic) bond motifs is 1. The Hall–Kier alpha value is -2.96. The maximum absolute atomic E-state index is 12.5. The van der Waals surface area contributed by atoms with Crippen LogP contribution in [-0.4, -0.2) is 25.3 Å². The van der Waals surface area contributed by atoms with Crippen LogP contribution in [0.15, 0.2) is 53.7 Å². The molecule has 0 spiro atoms. The van der Waals surface area contributed by atoms with Gasteiger partial charge in [0.15, 0.2) is 0 Å². The first-order chi connectivity index (χ1) is 12.2. The van der Waals surface area contributed by atoms with E-state index in [-0.39, 0.29) is 24.1 Å². The number of hydrogen-bond donors (Lipinski definition) is 1. The molecular weight excluding hydrogens is 318 g/mol. The molecule has 2 aromatic heterocycles. The van der Waals surface area contributed by atoms with Gasteiger partial charge in [-0.05, 0) is 30.4 Å². The van der Waals surface area contributed by atoms with Crippen molar-refractivity contribution in [1.82, 2.24) is 24.7 Å². The molecule has 128 valence electrons. The molecule has 0 aliphatic heterocycles. The Morgan fingerprint density at radius 1 is 1.20 bits per heavy atom. The van der Waals surface area contributed by atoms with E-state index in [0.717, 1.165) is 18.4 Å². The highest BCUT2D eigenvalue weighted by Crippen LogP contribution is 2.37. The number of carbonyl (C=O) groups is 1. The molecule has 0 radical (unpaired) electrons. The second-order valence-electron chi connectivity index (χ2n) is 6.40. The van der Waals surface area contributed by atoms with Crippen LogP contribution in [-0.2, 0) is 11.3 Å². The molecule has 1 aliphatic rings. The van der Waals surface area contributed by atoms with Gasteiger partial charge in [0, 0.05) is 0 Å². The van der Waals surface area contributed by atoms with Crippen LogP contribution in [0, 0.1) is 5.92 Å². The summed E-state index contributed by atoms with van der Waals surface area (Å²) in [6.45, 7) is -0.101. The second-order valence-corrected chi connectivity index (χ2v) is 6.40. The van der Waals surface area contributed by atoms with E-state index >= 15 is 0 Å². The van der Waals surface area contributed by atoms with E-state index in [1.807, 2.05) is 30.3 Å². The van der Waals surface area contributed by atoms with Gasteiger partial charge in [0.05, 0.1) is 12.2 Å². The van der Waals surface area contributed by atoms with E-state index in [2.05, 4.69) is 15.5 Å². The van der Waals surface area contributed by atoms with Crippen LogP contribution in [0.2, 0.25) is 0 Å². The predicted molar refractivity (Wildman–Crippen MR) is 91.9 cm³/mol. The van der Waals surface area contributed by atoms with Gasteiger partial charge in [0.25, 0.3) is 5.56 Å². The minimum atomic E-state index is -0.324. The van der Waals surface area contributed by atoms with Gasteiger partial charge in [-0.3, -0.25) is 9.59 Å². The van der Waals surface area contributed by atoms with Crippen LogP contribution >= 0.6 is 0 Å². The first-order valence-electron chi connectivity index (χ1n) is 8.46. The van der Waals surface area contributed by atoms with Gasteiger partial charge in [-0.25, -0.2) is 9.20 Å².